The Morgan fingerprint density at radius 2 is 2.20 bits per heavy atom. The third-order valence-electron chi connectivity index (χ3n) is 2.51. The van der Waals surface area contributed by atoms with E-state index in [0.717, 1.165) is 12.1 Å². The molecule has 20 heavy (non-hydrogen) atoms. The van der Waals surface area contributed by atoms with Crippen molar-refractivity contribution < 1.29 is 19.6 Å². The minimum atomic E-state index is -1.24. The quantitative estimate of drug-likeness (QED) is 0.580. The fraction of sp³-hybridized carbons (Fsp3) is 0.500. The minimum Gasteiger partial charge on any atom is -0.477 e. The number of ether oxygens (including phenoxy) is 1. The summed E-state index contributed by atoms with van der Waals surface area (Å²) in [6, 6.07) is 2.21. The maximum absolute atomic E-state index is 10.9. The summed E-state index contributed by atoms with van der Waals surface area (Å²) in [5, 5.41) is 22.5. The molecular weight excluding hydrogens is 266 g/mol. The van der Waals surface area contributed by atoms with Crippen LogP contribution in [0.25, 0.3) is 0 Å². The van der Waals surface area contributed by atoms with Crippen molar-refractivity contribution in [3.8, 4) is 0 Å². The van der Waals surface area contributed by atoms with Gasteiger partial charge in [0, 0.05) is 19.2 Å². The van der Waals surface area contributed by atoms with Crippen LogP contribution in [-0.2, 0) is 4.74 Å². The van der Waals surface area contributed by atoms with Crippen LogP contribution in [0.3, 0.4) is 0 Å². The highest BCUT2D eigenvalue weighted by Gasteiger charge is 2.22. The first kappa shape index (κ1) is 15.8. The summed E-state index contributed by atoms with van der Waals surface area (Å²) in [5.74, 6) is -1.32. The van der Waals surface area contributed by atoms with Crippen molar-refractivity contribution in [1.82, 2.24) is 4.98 Å². The van der Waals surface area contributed by atoms with E-state index in [1.807, 2.05) is 20.8 Å². The molecule has 0 aliphatic rings. The smallest absolute Gasteiger partial charge is 0.354 e. The summed E-state index contributed by atoms with van der Waals surface area (Å²) in [4.78, 5) is 24.9. The Morgan fingerprint density at radius 3 is 2.70 bits per heavy atom. The maximum Gasteiger partial charge on any atom is 0.354 e. The van der Waals surface area contributed by atoms with Crippen LogP contribution in [-0.4, -0.2) is 39.7 Å². The van der Waals surface area contributed by atoms with E-state index in [1.165, 1.54) is 0 Å². The molecule has 1 heterocycles. The number of aromatic carboxylic acids is 1. The maximum atomic E-state index is 10.9. The summed E-state index contributed by atoms with van der Waals surface area (Å²) in [6.07, 6.45) is 0. The number of aromatic nitrogens is 1. The zero-order chi connectivity index (χ0) is 15.3. The molecule has 8 nitrogen and oxygen atoms in total. The van der Waals surface area contributed by atoms with Crippen LogP contribution < -0.4 is 5.32 Å². The van der Waals surface area contributed by atoms with Gasteiger partial charge in [0.2, 0.25) is 5.82 Å². The molecule has 8 heteroatoms. The number of hydrogen-bond acceptors (Lipinski definition) is 6. The lowest BCUT2D eigenvalue weighted by atomic mass is 10.1. The van der Waals surface area contributed by atoms with Gasteiger partial charge in [0.1, 0.15) is 0 Å². The molecule has 0 spiro atoms. The highest BCUT2D eigenvalue weighted by molar-refractivity contribution is 5.86. The molecule has 0 saturated carbocycles. The average Bonchev–Trinajstić information content (AvgIpc) is 2.35. The zero-order valence-corrected chi connectivity index (χ0v) is 11.5. The van der Waals surface area contributed by atoms with Gasteiger partial charge in [0.25, 0.3) is 0 Å². The van der Waals surface area contributed by atoms with E-state index >= 15 is 0 Å². The molecule has 0 unspecified atom stereocenters. The third-order valence-corrected chi connectivity index (χ3v) is 2.51. The number of hydrogen-bond donors (Lipinski definition) is 2. The van der Waals surface area contributed by atoms with E-state index < -0.39 is 16.5 Å². The van der Waals surface area contributed by atoms with E-state index in [1.54, 1.807) is 0 Å². The van der Waals surface area contributed by atoms with Gasteiger partial charge in [-0.2, -0.15) is 0 Å². The summed E-state index contributed by atoms with van der Waals surface area (Å²) >= 11 is 0. The first-order valence-electron chi connectivity index (χ1n) is 6.03. The van der Waals surface area contributed by atoms with Crippen molar-refractivity contribution >= 4 is 17.5 Å². The Kier molecular flexibility index (Phi) is 4.98. The summed E-state index contributed by atoms with van der Waals surface area (Å²) in [7, 11) is 0. The molecule has 1 aromatic rings. The Balaban J connectivity index is 2.99. The number of pyridine rings is 1. The second-order valence-corrected chi connectivity index (χ2v) is 4.67. The van der Waals surface area contributed by atoms with Gasteiger partial charge in [0.05, 0.1) is 10.5 Å². The Hall–Kier alpha value is -2.22. The topological polar surface area (TPSA) is 115 Å². The molecule has 110 valence electrons. The third kappa shape index (κ3) is 4.16. The minimum absolute atomic E-state index is 0.0809. The van der Waals surface area contributed by atoms with Crippen molar-refractivity contribution in [2.45, 2.75) is 26.4 Å². The molecule has 0 aliphatic carbocycles. The van der Waals surface area contributed by atoms with Crippen LogP contribution in [0.2, 0.25) is 0 Å². The second kappa shape index (κ2) is 6.29. The van der Waals surface area contributed by atoms with Gasteiger partial charge in [-0.3, -0.25) is 10.1 Å². The van der Waals surface area contributed by atoms with Crippen LogP contribution in [0.1, 0.15) is 31.3 Å². The number of carboxylic acids is 1. The largest absolute Gasteiger partial charge is 0.477 e. The van der Waals surface area contributed by atoms with Crippen molar-refractivity contribution in [2.75, 3.05) is 18.5 Å². The van der Waals surface area contributed by atoms with Gasteiger partial charge >= 0.3 is 11.7 Å². The predicted molar refractivity (Wildman–Crippen MR) is 72.0 cm³/mol. The molecule has 0 amide bonds. The van der Waals surface area contributed by atoms with Gasteiger partial charge in [0.15, 0.2) is 5.69 Å². The second-order valence-electron chi connectivity index (χ2n) is 4.67. The number of rotatable bonds is 7. The summed E-state index contributed by atoms with van der Waals surface area (Å²) < 4.78 is 5.45. The highest BCUT2D eigenvalue weighted by atomic mass is 16.6. The van der Waals surface area contributed by atoms with Crippen LogP contribution in [0.4, 0.5) is 11.5 Å². The van der Waals surface area contributed by atoms with Crippen molar-refractivity contribution in [3.63, 3.8) is 0 Å². The number of carboxylic acid groups (broad SMARTS) is 1. The molecule has 2 N–H and O–H groups in total. The fourth-order valence-electron chi connectivity index (χ4n) is 1.59. The normalized spacial score (nSPS) is 11.2. The van der Waals surface area contributed by atoms with Crippen LogP contribution in [0.5, 0.6) is 0 Å². The first-order chi connectivity index (χ1) is 9.26. The van der Waals surface area contributed by atoms with Crippen LogP contribution >= 0.6 is 0 Å². The summed E-state index contributed by atoms with van der Waals surface area (Å²) in [6.45, 7) is 6.23. The lowest BCUT2D eigenvalue weighted by molar-refractivity contribution is -0.384. The molecule has 0 aliphatic heterocycles. The van der Waals surface area contributed by atoms with Crippen molar-refractivity contribution in [1.29, 1.82) is 0 Å². The van der Waals surface area contributed by atoms with E-state index in [2.05, 4.69) is 10.3 Å². The van der Waals surface area contributed by atoms with Crippen LogP contribution in [0.15, 0.2) is 12.1 Å². The highest BCUT2D eigenvalue weighted by Crippen LogP contribution is 2.23. The monoisotopic (exact) mass is 283 g/mol. The van der Waals surface area contributed by atoms with E-state index in [4.69, 9.17) is 9.84 Å². The average molecular weight is 283 g/mol. The molecule has 0 fully saturated rings. The van der Waals surface area contributed by atoms with Gasteiger partial charge < -0.3 is 15.2 Å². The number of nitro groups is 1. The predicted octanol–water partition coefficient (Wildman–Crippen LogP) is 1.91. The van der Waals surface area contributed by atoms with Gasteiger partial charge in [-0.25, -0.2) is 9.78 Å². The van der Waals surface area contributed by atoms with Gasteiger partial charge in [-0.05, 0) is 26.8 Å². The lowest BCUT2D eigenvalue weighted by Crippen LogP contribution is -2.33. The molecular formula is C12H17N3O5. The molecule has 0 bridgehead atoms. The molecule has 0 aromatic carbocycles. The molecule has 0 saturated heterocycles. The standard InChI is InChI=1S/C12H17N3O5/c1-4-20-12(2,3)7-13-10-9(15(18)19)6-5-8(14-10)11(16)17/h5-6H,4,7H2,1-3H3,(H,13,14)(H,16,17). The van der Waals surface area contributed by atoms with Gasteiger partial charge in [-0.15, -0.1) is 0 Å². The number of nitrogens with zero attached hydrogens (tertiary/aromatic N) is 2. The zero-order valence-electron chi connectivity index (χ0n) is 11.5. The Bertz CT molecular complexity index is 516. The molecule has 1 aromatic heterocycles. The Morgan fingerprint density at radius 1 is 1.55 bits per heavy atom. The number of anilines is 1. The molecule has 0 atom stereocenters. The van der Waals surface area contributed by atoms with Gasteiger partial charge in [-0.1, -0.05) is 0 Å². The SMILES string of the molecule is CCOC(C)(C)CNc1nc(C(=O)O)ccc1[N+](=O)[O-]. The molecule has 1 rings (SSSR count). The Labute approximate surface area is 115 Å². The van der Waals surface area contributed by atoms with E-state index in [0.29, 0.717) is 6.61 Å². The number of nitrogens with one attached hydrogen (secondary N) is 1. The lowest BCUT2D eigenvalue weighted by Gasteiger charge is -2.25. The van der Waals surface area contributed by atoms with Crippen molar-refractivity contribution in [3.05, 3.63) is 27.9 Å². The van der Waals surface area contributed by atoms with E-state index in [9.17, 15) is 14.9 Å². The summed E-state index contributed by atoms with van der Waals surface area (Å²) in [5.41, 5.74) is -1.08. The fourth-order valence-corrected chi connectivity index (χ4v) is 1.59. The van der Waals surface area contributed by atoms with Crippen LogP contribution in [0, 0.1) is 10.1 Å². The van der Waals surface area contributed by atoms with Crippen molar-refractivity contribution in [2.24, 2.45) is 0 Å². The van der Waals surface area contributed by atoms with E-state index in [-0.39, 0.29) is 23.7 Å². The molecule has 0 radical (unpaired) electrons. The number of carbonyl (C=O) groups is 1. The first-order valence-corrected chi connectivity index (χ1v) is 6.03.